The monoisotopic (exact) mass is 372 g/mol. The molecule has 0 aromatic carbocycles. The number of hydrogen-bond donors (Lipinski definition) is 2. The van der Waals surface area contributed by atoms with E-state index in [1.165, 1.54) is 38.5 Å². The quantitative estimate of drug-likeness (QED) is 0.327. The molecule has 140 valence electrons. The molecule has 1 fully saturated rings. The second-order valence-electron chi connectivity index (χ2n) is 6.10. The van der Waals surface area contributed by atoms with Crippen LogP contribution >= 0.6 is 12.4 Å². The van der Waals surface area contributed by atoms with E-state index in [-0.39, 0.29) is 30.5 Å². The lowest BCUT2D eigenvalue weighted by molar-refractivity contribution is -0.385. The molecular formula is C16H25ClN4O4. The first-order valence-corrected chi connectivity index (χ1v) is 8.41. The van der Waals surface area contributed by atoms with E-state index in [9.17, 15) is 19.7 Å². The van der Waals surface area contributed by atoms with Crippen LogP contribution in [0, 0.1) is 10.1 Å². The molecule has 1 aromatic heterocycles. The van der Waals surface area contributed by atoms with Crippen LogP contribution in [0.15, 0.2) is 23.1 Å². The van der Waals surface area contributed by atoms with E-state index in [4.69, 9.17) is 0 Å². The molecule has 1 amide bonds. The maximum Gasteiger partial charge on any atom is 0.285 e. The van der Waals surface area contributed by atoms with Crippen LogP contribution < -0.4 is 16.2 Å². The first-order valence-electron chi connectivity index (χ1n) is 8.41. The van der Waals surface area contributed by atoms with Crippen LogP contribution in [0.4, 0.5) is 5.69 Å². The Hall–Kier alpha value is -1.93. The molecule has 0 saturated heterocycles. The zero-order chi connectivity index (χ0) is 17.4. The molecule has 0 radical (unpaired) electrons. The van der Waals surface area contributed by atoms with Crippen molar-refractivity contribution >= 4 is 24.0 Å². The van der Waals surface area contributed by atoms with Crippen molar-refractivity contribution in [3.63, 3.8) is 0 Å². The summed E-state index contributed by atoms with van der Waals surface area (Å²) in [5, 5.41) is 16.9. The summed E-state index contributed by atoms with van der Waals surface area (Å²) >= 11 is 0. The molecule has 0 unspecified atom stereocenters. The average Bonchev–Trinajstić information content (AvgIpc) is 2.82. The summed E-state index contributed by atoms with van der Waals surface area (Å²) < 4.78 is 1.05. The normalized spacial score (nSPS) is 15.0. The Balaban J connectivity index is 0.00000312. The SMILES string of the molecule is Cl.O=C(Cn1cc([N+](=O)[O-])ccc1=O)NCCNC1CCCCCC1. The molecule has 1 aromatic rings. The number of nitrogens with zero attached hydrogens (tertiary/aromatic N) is 2. The van der Waals surface area contributed by atoms with Gasteiger partial charge >= 0.3 is 0 Å². The van der Waals surface area contributed by atoms with Crippen molar-refractivity contribution in [2.75, 3.05) is 13.1 Å². The van der Waals surface area contributed by atoms with Gasteiger partial charge in [0, 0.05) is 31.3 Å². The summed E-state index contributed by atoms with van der Waals surface area (Å²) in [6, 6.07) is 2.75. The number of carbonyl (C=O) groups is 1. The smallest absolute Gasteiger partial charge is 0.285 e. The van der Waals surface area contributed by atoms with Gasteiger partial charge in [-0.2, -0.15) is 0 Å². The Morgan fingerprint density at radius 2 is 1.88 bits per heavy atom. The fourth-order valence-corrected chi connectivity index (χ4v) is 2.92. The standard InChI is InChI=1S/C16H24N4O4.ClH/c21-15(12-19-11-14(20(23)24)7-8-16(19)22)18-10-9-17-13-5-3-1-2-4-6-13;/h7-8,11,13,17H,1-6,9-10,12H2,(H,18,21);1H. The van der Waals surface area contributed by atoms with Gasteiger partial charge in [-0.15, -0.1) is 12.4 Å². The fourth-order valence-electron chi connectivity index (χ4n) is 2.92. The lowest BCUT2D eigenvalue weighted by Crippen LogP contribution is -2.38. The van der Waals surface area contributed by atoms with Gasteiger partial charge in [0.1, 0.15) is 6.54 Å². The first-order chi connectivity index (χ1) is 11.6. The Morgan fingerprint density at radius 3 is 2.52 bits per heavy atom. The Kier molecular flexibility index (Phi) is 9.15. The predicted octanol–water partition coefficient (Wildman–Crippen LogP) is 1.61. The minimum atomic E-state index is -0.593. The highest BCUT2D eigenvalue weighted by molar-refractivity contribution is 5.85. The maximum absolute atomic E-state index is 11.9. The van der Waals surface area contributed by atoms with Crippen LogP contribution in [0.1, 0.15) is 38.5 Å². The van der Waals surface area contributed by atoms with Gasteiger partial charge in [0.25, 0.3) is 11.2 Å². The minimum absolute atomic E-state index is 0. The maximum atomic E-state index is 11.9. The average molecular weight is 373 g/mol. The van der Waals surface area contributed by atoms with E-state index in [0.29, 0.717) is 19.1 Å². The van der Waals surface area contributed by atoms with E-state index in [1.807, 2.05) is 0 Å². The Bertz CT molecular complexity index is 627. The molecule has 0 spiro atoms. The second kappa shape index (κ2) is 10.8. The number of halogens is 1. The van der Waals surface area contributed by atoms with Crippen molar-refractivity contribution in [1.82, 2.24) is 15.2 Å². The number of nitro groups is 1. The highest BCUT2D eigenvalue weighted by Crippen LogP contribution is 2.16. The molecule has 2 N–H and O–H groups in total. The van der Waals surface area contributed by atoms with Crippen LogP contribution in [0.5, 0.6) is 0 Å². The largest absolute Gasteiger partial charge is 0.353 e. The molecule has 1 heterocycles. The lowest BCUT2D eigenvalue weighted by atomic mass is 10.1. The molecule has 0 bridgehead atoms. The first kappa shape index (κ1) is 21.1. The number of nitrogens with one attached hydrogen (secondary N) is 2. The van der Waals surface area contributed by atoms with E-state index in [0.717, 1.165) is 22.9 Å². The van der Waals surface area contributed by atoms with E-state index >= 15 is 0 Å². The van der Waals surface area contributed by atoms with Crippen molar-refractivity contribution in [2.24, 2.45) is 0 Å². The topological polar surface area (TPSA) is 106 Å². The van der Waals surface area contributed by atoms with Crippen LogP contribution in [-0.4, -0.2) is 34.5 Å². The van der Waals surface area contributed by atoms with Crippen LogP contribution in [0.3, 0.4) is 0 Å². The van der Waals surface area contributed by atoms with Crippen LogP contribution in [0.2, 0.25) is 0 Å². The van der Waals surface area contributed by atoms with E-state index < -0.39 is 10.5 Å². The van der Waals surface area contributed by atoms with Crippen molar-refractivity contribution < 1.29 is 9.72 Å². The minimum Gasteiger partial charge on any atom is -0.353 e. The number of aromatic nitrogens is 1. The van der Waals surface area contributed by atoms with Gasteiger partial charge in [-0.05, 0) is 12.8 Å². The van der Waals surface area contributed by atoms with Gasteiger partial charge in [-0.25, -0.2) is 0 Å². The summed E-state index contributed by atoms with van der Waals surface area (Å²) in [7, 11) is 0. The summed E-state index contributed by atoms with van der Waals surface area (Å²) in [4.78, 5) is 33.7. The van der Waals surface area contributed by atoms with Gasteiger partial charge in [0.05, 0.1) is 11.1 Å². The Labute approximate surface area is 152 Å². The van der Waals surface area contributed by atoms with Crippen molar-refractivity contribution in [1.29, 1.82) is 0 Å². The highest BCUT2D eigenvalue weighted by Gasteiger charge is 2.12. The molecule has 9 heteroatoms. The lowest BCUT2D eigenvalue weighted by Gasteiger charge is -2.16. The third-order valence-electron chi connectivity index (χ3n) is 4.23. The third kappa shape index (κ3) is 7.23. The molecule has 0 aliphatic heterocycles. The highest BCUT2D eigenvalue weighted by atomic mass is 35.5. The molecule has 2 rings (SSSR count). The Morgan fingerprint density at radius 1 is 1.20 bits per heavy atom. The van der Waals surface area contributed by atoms with Crippen molar-refractivity contribution in [3.8, 4) is 0 Å². The fraction of sp³-hybridized carbons (Fsp3) is 0.625. The van der Waals surface area contributed by atoms with Crippen LogP contribution in [-0.2, 0) is 11.3 Å². The van der Waals surface area contributed by atoms with Gasteiger partial charge in [0.15, 0.2) is 0 Å². The van der Waals surface area contributed by atoms with Gasteiger partial charge in [-0.3, -0.25) is 24.3 Å². The van der Waals surface area contributed by atoms with Crippen LogP contribution in [0.25, 0.3) is 0 Å². The summed E-state index contributed by atoms with van der Waals surface area (Å²) in [5.41, 5.74) is -0.648. The number of carbonyl (C=O) groups excluding carboxylic acids is 1. The number of rotatable bonds is 7. The number of hydrogen-bond acceptors (Lipinski definition) is 5. The summed E-state index contributed by atoms with van der Waals surface area (Å²) in [6.07, 6.45) is 8.54. The molecule has 1 aliphatic carbocycles. The van der Waals surface area contributed by atoms with E-state index in [1.54, 1.807) is 0 Å². The van der Waals surface area contributed by atoms with Crippen molar-refractivity contribution in [3.05, 3.63) is 38.8 Å². The third-order valence-corrected chi connectivity index (χ3v) is 4.23. The molecular weight excluding hydrogens is 348 g/mol. The molecule has 1 aliphatic rings. The zero-order valence-electron chi connectivity index (χ0n) is 14.1. The summed E-state index contributed by atoms with van der Waals surface area (Å²) in [6.45, 7) is 0.934. The van der Waals surface area contributed by atoms with Gasteiger partial charge in [0.2, 0.25) is 5.91 Å². The summed E-state index contributed by atoms with van der Waals surface area (Å²) in [5.74, 6) is -0.333. The molecule has 8 nitrogen and oxygen atoms in total. The second-order valence-corrected chi connectivity index (χ2v) is 6.10. The van der Waals surface area contributed by atoms with E-state index in [2.05, 4.69) is 10.6 Å². The van der Waals surface area contributed by atoms with Gasteiger partial charge in [-0.1, -0.05) is 25.7 Å². The molecule has 25 heavy (non-hydrogen) atoms. The zero-order valence-corrected chi connectivity index (χ0v) is 14.9. The molecule has 1 saturated carbocycles. The number of amides is 1. The predicted molar refractivity (Wildman–Crippen MR) is 97.1 cm³/mol. The number of pyridine rings is 1. The molecule has 0 atom stereocenters. The van der Waals surface area contributed by atoms with Gasteiger partial charge < -0.3 is 10.6 Å². The van der Waals surface area contributed by atoms with Crippen molar-refractivity contribution in [2.45, 2.75) is 51.1 Å².